The fourth-order valence-corrected chi connectivity index (χ4v) is 3.88. The van der Waals surface area contributed by atoms with Crippen LogP contribution in [0, 0.1) is 19.7 Å². The van der Waals surface area contributed by atoms with Crippen molar-refractivity contribution in [2.45, 2.75) is 26.8 Å². The Morgan fingerprint density at radius 3 is 2.83 bits per heavy atom. The van der Waals surface area contributed by atoms with Crippen molar-refractivity contribution < 1.29 is 9.18 Å². The smallest absolute Gasteiger partial charge is 0.238 e. The van der Waals surface area contributed by atoms with E-state index in [1.165, 1.54) is 6.07 Å². The molecule has 1 aliphatic heterocycles. The number of aryl methyl sites for hydroxylation is 2. The molecule has 1 amide bonds. The number of aromatic amines is 1. The van der Waals surface area contributed by atoms with E-state index >= 15 is 0 Å². The number of hydrogen-bond acceptors (Lipinski definition) is 3. The number of carbonyl (C=O) groups excluding carboxylic acids is 1. The van der Waals surface area contributed by atoms with Gasteiger partial charge in [0.1, 0.15) is 5.82 Å². The highest BCUT2D eigenvalue weighted by Crippen LogP contribution is 2.25. The standard InChI is InChI=1S/C22H21ClFN3O2/c1-12-3-4-14(9-18(12)24)25-20(28)11-27-8-7-19-16(10-27)22(29)15-5-6-17(23)13(2)21(15)26-19/h3-6,9H,7-8,10-11H2,1-2H3,(H,25,28)(H,26,29). The zero-order valence-electron chi connectivity index (χ0n) is 16.2. The van der Waals surface area contributed by atoms with Gasteiger partial charge in [-0.3, -0.25) is 14.5 Å². The van der Waals surface area contributed by atoms with E-state index in [0.717, 1.165) is 16.8 Å². The third-order valence-electron chi connectivity index (χ3n) is 5.44. The first kappa shape index (κ1) is 19.6. The van der Waals surface area contributed by atoms with Crippen LogP contribution in [-0.2, 0) is 17.8 Å². The number of amides is 1. The molecule has 0 spiro atoms. The third-order valence-corrected chi connectivity index (χ3v) is 5.85. The average molecular weight is 414 g/mol. The minimum absolute atomic E-state index is 0.0285. The van der Waals surface area contributed by atoms with Gasteiger partial charge in [0.2, 0.25) is 5.91 Å². The first-order valence-electron chi connectivity index (χ1n) is 9.44. The van der Waals surface area contributed by atoms with Crippen LogP contribution in [0.1, 0.15) is 22.4 Å². The van der Waals surface area contributed by atoms with Gasteiger partial charge in [-0.2, -0.15) is 0 Å². The molecular weight excluding hydrogens is 393 g/mol. The fraction of sp³-hybridized carbons (Fsp3) is 0.273. The second-order valence-electron chi connectivity index (χ2n) is 7.48. The van der Waals surface area contributed by atoms with Gasteiger partial charge in [0.05, 0.1) is 12.1 Å². The van der Waals surface area contributed by atoms with Gasteiger partial charge in [0.25, 0.3) is 0 Å². The largest absolute Gasteiger partial charge is 0.358 e. The molecule has 0 bridgehead atoms. The van der Waals surface area contributed by atoms with Crippen molar-refractivity contribution in [3.8, 4) is 0 Å². The molecule has 29 heavy (non-hydrogen) atoms. The highest BCUT2D eigenvalue weighted by Gasteiger charge is 2.23. The summed E-state index contributed by atoms with van der Waals surface area (Å²) in [6, 6.07) is 8.08. The van der Waals surface area contributed by atoms with Crippen molar-refractivity contribution in [3.05, 3.63) is 73.8 Å². The summed E-state index contributed by atoms with van der Waals surface area (Å²) in [6.45, 7) is 4.72. The van der Waals surface area contributed by atoms with Crippen LogP contribution < -0.4 is 10.7 Å². The number of pyridine rings is 1. The maximum Gasteiger partial charge on any atom is 0.238 e. The van der Waals surface area contributed by atoms with Crippen molar-refractivity contribution in [2.24, 2.45) is 0 Å². The van der Waals surface area contributed by atoms with E-state index in [4.69, 9.17) is 11.6 Å². The van der Waals surface area contributed by atoms with Crippen molar-refractivity contribution in [3.63, 3.8) is 0 Å². The molecule has 0 radical (unpaired) electrons. The van der Waals surface area contributed by atoms with Gasteiger partial charge in [-0.15, -0.1) is 0 Å². The molecule has 5 nitrogen and oxygen atoms in total. The molecule has 1 aromatic heterocycles. The lowest BCUT2D eigenvalue weighted by Crippen LogP contribution is -2.39. The predicted molar refractivity (Wildman–Crippen MR) is 113 cm³/mol. The number of halogens is 2. The summed E-state index contributed by atoms with van der Waals surface area (Å²) in [5.41, 5.74) is 4.12. The Bertz CT molecular complexity index is 1190. The molecule has 2 N–H and O–H groups in total. The lowest BCUT2D eigenvalue weighted by atomic mass is 10.0. The average Bonchev–Trinajstić information content (AvgIpc) is 2.68. The number of aromatic nitrogens is 1. The SMILES string of the molecule is Cc1ccc(NC(=O)CN2CCc3[nH]c4c(C)c(Cl)ccc4c(=O)c3C2)cc1F. The number of anilines is 1. The van der Waals surface area contributed by atoms with Gasteiger partial charge >= 0.3 is 0 Å². The van der Waals surface area contributed by atoms with Crippen LogP contribution in [0.4, 0.5) is 10.1 Å². The molecule has 0 atom stereocenters. The number of benzene rings is 2. The normalized spacial score (nSPS) is 14.1. The van der Waals surface area contributed by atoms with E-state index < -0.39 is 0 Å². The van der Waals surface area contributed by atoms with Gasteiger partial charge in [-0.1, -0.05) is 17.7 Å². The molecular formula is C22H21ClFN3O2. The molecule has 2 heterocycles. The number of nitrogens with one attached hydrogen (secondary N) is 2. The maximum absolute atomic E-state index is 13.7. The number of hydrogen-bond donors (Lipinski definition) is 2. The summed E-state index contributed by atoms with van der Waals surface area (Å²) >= 11 is 6.19. The summed E-state index contributed by atoms with van der Waals surface area (Å²) in [5.74, 6) is -0.597. The van der Waals surface area contributed by atoms with E-state index in [0.29, 0.717) is 46.7 Å². The molecule has 0 saturated heterocycles. The number of nitrogens with zero attached hydrogens (tertiary/aromatic N) is 1. The quantitative estimate of drug-likeness (QED) is 0.683. The van der Waals surface area contributed by atoms with Crippen molar-refractivity contribution in [2.75, 3.05) is 18.4 Å². The predicted octanol–water partition coefficient (Wildman–Crippen LogP) is 3.93. The topological polar surface area (TPSA) is 65.2 Å². The van der Waals surface area contributed by atoms with E-state index in [9.17, 15) is 14.0 Å². The minimum Gasteiger partial charge on any atom is -0.358 e. The molecule has 3 aromatic rings. The molecule has 0 saturated carbocycles. The van der Waals surface area contributed by atoms with Crippen LogP contribution in [0.3, 0.4) is 0 Å². The molecule has 0 unspecified atom stereocenters. The summed E-state index contributed by atoms with van der Waals surface area (Å²) in [4.78, 5) is 30.7. The molecule has 1 aliphatic rings. The minimum atomic E-state index is -0.358. The summed E-state index contributed by atoms with van der Waals surface area (Å²) in [5, 5.41) is 3.94. The van der Waals surface area contributed by atoms with Gasteiger partial charge in [-0.05, 0) is 49.2 Å². The second kappa shape index (κ2) is 7.61. The Hall–Kier alpha value is -2.70. The highest BCUT2D eigenvalue weighted by molar-refractivity contribution is 6.32. The van der Waals surface area contributed by atoms with Crippen LogP contribution in [0.25, 0.3) is 10.9 Å². The van der Waals surface area contributed by atoms with E-state index in [1.54, 1.807) is 31.2 Å². The Morgan fingerprint density at radius 2 is 2.07 bits per heavy atom. The summed E-state index contributed by atoms with van der Waals surface area (Å²) in [7, 11) is 0. The van der Waals surface area contributed by atoms with Gasteiger partial charge in [0, 0.05) is 46.9 Å². The number of rotatable bonds is 3. The van der Waals surface area contributed by atoms with Crippen LogP contribution in [-0.4, -0.2) is 28.9 Å². The number of H-pyrrole nitrogens is 1. The Kier molecular flexibility index (Phi) is 5.15. The monoisotopic (exact) mass is 413 g/mol. The summed E-state index contributed by atoms with van der Waals surface area (Å²) < 4.78 is 13.7. The fourth-order valence-electron chi connectivity index (χ4n) is 3.72. The lowest BCUT2D eigenvalue weighted by molar-refractivity contribution is -0.117. The zero-order valence-corrected chi connectivity index (χ0v) is 17.0. The van der Waals surface area contributed by atoms with Crippen molar-refractivity contribution >= 4 is 34.1 Å². The number of fused-ring (bicyclic) bond motifs is 2. The molecule has 2 aromatic carbocycles. The van der Waals surface area contributed by atoms with E-state index in [2.05, 4.69) is 10.3 Å². The van der Waals surface area contributed by atoms with Gasteiger partial charge in [0.15, 0.2) is 5.43 Å². The molecule has 0 aliphatic carbocycles. The Morgan fingerprint density at radius 1 is 1.28 bits per heavy atom. The van der Waals surface area contributed by atoms with Crippen molar-refractivity contribution in [1.29, 1.82) is 0 Å². The van der Waals surface area contributed by atoms with E-state index in [1.807, 2.05) is 11.8 Å². The first-order valence-corrected chi connectivity index (χ1v) is 9.82. The second-order valence-corrected chi connectivity index (χ2v) is 7.89. The molecule has 7 heteroatoms. The van der Waals surface area contributed by atoms with Gasteiger partial charge < -0.3 is 10.3 Å². The van der Waals surface area contributed by atoms with Crippen LogP contribution in [0.2, 0.25) is 5.02 Å². The summed E-state index contributed by atoms with van der Waals surface area (Å²) in [6.07, 6.45) is 0.638. The van der Waals surface area contributed by atoms with Crippen LogP contribution in [0.15, 0.2) is 35.1 Å². The third kappa shape index (κ3) is 3.78. The Balaban J connectivity index is 1.53. The zero-order chi connectivity index (χ0) is 20.7. The van der Waals surface area contributed by atoms with Gasteiger partial charge in [-0.25, -0.2) is 4.39 Å². The molecule has 0 fully saturated rings. The first-order chi connectivity index (χ1) is 13.8. The lowest BCUT2D eigenvalue weighted by Gasteiger charge is -2.28. The maximum atomic E-state index is 13.7. The number of carbonyl (C=O) groups is 1. The van der Waals surface area contributed by atoms with E-state index in [-0.39, 0.29) is 23.7 Å². The molecule has 150 valence electrons. The van der Waals surface area contributed by atoms with Crippen LogP contribution >= 0.6 is 11.6 Å². The molecule has 4 rings (SSSR count). The Labute approximate surface area is 172 Å². The van der Waals surface area contributed by atoms with Crippen molar-refractivity contribution in [1.82, 2.24) is 9.88 Å². The van der Waals surface area contributed by atoms with Crippen LogP contribution in [0.5, 0.6) is 0 Å². The highest BCUT2D eigenvalue weighted by atomic mass is 35.5.